The molecule has 7 heteroatoms. The fraction of sp³-hybridized carbons (Fsp3) is 0.263. The first kappa shape index (κ1) is 17.4. The molecule has 0 spiro atoms. The van der Waals surface area contributed by atoms with E-state index in [2.05, 4.69) is 11.1 Å². The second-order valence-electron chi connectivity index (χ2n) is 6.12. The van der Waals surface area contributed by atoms with Crippen molar-refractivity contribution in [3.05, 3.63) is 47.7 Å². The molecule has 2 N–H and O–H groups in total. The Morgan fingerprint density at radius 3 is 2.23 bits per heavy atom. The Balaban J connectivity index is 1.82. The third-order valence-electron chi connectivity index (χ3n) is 4.45. The standard InChI is InChI=1S/C19H19N5O2/c1-13(25)23-8-10-24(11-9-23)19(26)18-16(21)6-7-17(22-18)15-4-2-14(12-20)3-5-15/h2-7H,8-11,21H2,1H3. The fourth-order valence-electron chi connectivity index (χ4n) is 2.89. The number of nitrogen functional groups attached to an aromatic ring is 1. The van der Waals surface area contributed by atoms with Gasteiger partial charge in [0, 0.05) is 38.7 Å². The average Bonchev–Trinajstić information content (AvgIpc) is 2.68. The van der Waals surface area contributed by atoms with Gasteiger partial charge in [-0.2, -0.15) is 5.26 Å². The molecule has 1 aromatic heterocycles. The van der Waals surface area contributed by atoms with Crippen molar-refractivity contribution in [1.82, 2.24) is 14.8 Å². The van der Waals surface area contributed by atoms with Gasteiger partial charge in [0.25, 0.3) is 5.91 Å². The quantitative estimate of drug-likeness (QED) is 0.885. The van der Waals surface area contributed by atoms with Crippen LogP contribution in [0.1, 0.15) is 23.0 Å². The molecule has 0 atom stereocenters. The molecule has 7 nitrogen and oxygen atoms in total. The normalized spacial score (nSPS) is 14.0. The van der Waals surface area contributed by atoms with Crippen molar-refractivity contribution in [3.63, 3.8) is 0 Å². The predicted molar refractivity (Wildman–Crippen MR) is 97.0 cm³/mol. The summed E-state index contributed by atoms with van der Waals surface area (Å²) < 4.78 is 0. The maximum atomic E-state index is 12.8. The van der Waals surface area contributed by atoms with E-state index in [1.165, 1.54) is 6.92 Å². The van der Waals surface area contributed by atoms with Gasteiger partial charge in [0.2, 0.25) is 5.91 Å². The zero-order chi connectivity index (χ0) is 18.7. The van der Waals surface area contributed by atoms with E-state index in [9.17, 15) is 9.59 Å². The van der Waals surface area contributed by atoms with E-state index in [4.69, 9.17) is 11.0 Å². The summed E-state index contributed by atoms with van der Waals surface area (Å²) in [7, 11) is 0. The molecule has 1 aromatic carbocycles. The molecule has 26 heavy (non-hydrogen) atoms. The van der Waals surface area contributed by atoms with Crippen LogP contribution in [0.2, 0.25) is 0 Å². The summed E-state index contributed by atoms with van der Waals surface area (Å²) in [5.74, 6) is -0.223. The molecule has 2 heterocycles. The van der Waals surface area contributed by atoms with E-state index >= 15 is 0 Å². The molecule has 1 saturated heterocycles. The maximum Gasteiger partial charge on any atom is 0.274 e. The van der Waals surface area contributed by atoms with Crippen LogP contribution in [0.3, 0.4) is 0 Å². The Kier molecular flexibility index (Phi) is 4.85. The molecule has 2 amide bonds. The molecule has 2 aromatic rings. The van der Waals surface area contributed by atoms with Crippen molar-refractivity contribution >= 4 is 17.5 Å². The SMILES string of the molecule is CC(=O)N1CCN(C(=O)c2nc(-c3ccc(C#N)cc3)ccc2N)CC1. The van der Waals surface area contributed by atoms with Gasteiger partial charge in [-0.05, 0) is 24.3 Å². The highest BCUT2D eigenvalue weighted by Crippen LogP contribution is 2.22. The number of amides is 2. The first-order valence-electron chi connectivity index (χ1n) is 8.31. The Morgan fingerprint density at radius 2 is 1.65 bits per heavy atom. The van der Waals surface area contributed by atoms with Crippen molar-refractivity contribution < 1.29 is 9.59 Å². The Bertz CT molecular complexity index is 878. The van der Waals surface area contributed by atoms with Crippen LogP contribution in [0.4, 0.5) is 5.69 Å². The van der Waals surface area contributed by atoms with Gasteiger partial charge in [-0.1, -0.05) is 12.1 Å². The van der Waals surface area contributed by atoms with Crippen LogP contribution >= 0.6 is 0 Å². The third-order valence-corrected chi connectivity index (χ3v) is 4.45. The van der Waals surface area contributed by atoms with Gasteiger partial charge < -0.3 is 15.5 Å². The number of rotatable bonds is 2. The van der Waals surface area contributed by atoms with Gasteiger partial charge in [-0.15, -0.1) is 0 Å². The fourth-order valence-corrected chi connectivity index (χ4v) is 2.89. The number of pyridine rings is 1. The van der Waals surface area contributed by atoms with E-state index in [1.54, 1.807) is 46.2 Å². The molecule has 0 bridgehead atoms. The topological polar surface area (TPSA) is 103 Å². The highest BCUT2D eigenvalue weighted by molar-refractivity contribution is 5.98. The van der Waals surface area contributed by atoms with Crippen molar-refractivity contribution in [2.24, 2.45) is 0 Å². The predicted octanol–water partition coefficient (Wildman–Crippen LogP) is 1.51. The second kappa shape index (κ2) is 7.23. The van der Waals surface area contributed by atoms with Crippen LogP contribution < -0.4 is 5.73 Å². The van der Waals surface area contributed by atoms with Gasteiger partial charge >= 0.3 is 0 Å². The lowest BCUT2D eigenvalue weighted by molar-refractivity contribution is -0.130. The number of hydrogen-bond acceptors (Lipinski definition) is 5. The second-order valence-corrected chi connectivity index (χ2v) is 6.12. The van der Waals surface area contributed by atoms with Crippen molar-refractivity contribution in [1.29, 1.82) is 5.26 Å². The van der Waals surface area contributed by atoms with Crippen molar-refractivity contribution in [3.8, 4) is 17.3 Å². The number of carbonyl (C=O) groups is 2. The summed E-state index contributed by atoms with van der Waals surface area (Å²) >= 11 is 0. The summed E-state index contributed by atoms with van der Waals surface area (Å²) in [4.78, 5) is 32.1. The molecule has 0 radical (unpaired) electrons. The Labute approximate surface area is 151 Å². The number of carbonyl (C=O) groups excluding carboxylic acids is 2. The van der Waals surface area contributed by atoms with Gasteiger partial charge in [0.15, 0.2) is 5.69 Å². The molecule has 1 aliphatic rings. The van der Waals surface area contributed by atoms with Crippen LogP contribution in [0.25, 0.3) is 11.3 Å². The van der Waals surface area contributed by atoms with Gasteiger partial charge in [0.05, 0.1) is 23.0 Å². The largest absolute Gasteiger partial charge is 0.397 e. The molecular weight excluding hydrogens is 330 g/mol. The molecule has 1 fully saturated rings. The van der Waals surface area contributed by atoms with Crippen molar-refractivity contribution in [2.45, 2.75) is 6.92 Å². The first-order valence-corrected chi connectivity index (χ1v) is 8.31. The molecule has 0 unspecified atom stereocenters. The highest BCUT2D eigenvalue weighted by Gasteiger charge is 2.25. The number of aromatic nitrogens is 1. The van der Waals surface area contributed by atoms with Gasteiger partial charge in [-0.3, -0.25) is 9.59 Å². The molecule has 132 valence electrons. The molecule has 0 aliphatic carbocycles. The zero-order valence-corrected chi connectivity index (χ0v) is 14.5. The zero-order valence-electron chi connectivity index (χ0n) is 14.5. The lowest BCUT2D eigenvalue weighted by Gasteiger charge is -2.34. The van der Waals surface area contributed by atoms with Crippen molar-refractivity contribution in [2.75, 3.05) is 31.9 Å². The van der Waals surface area contributed by atoms with E-state index in [-0.39, 0.29) is 17.5 Å². The average molecular weight is 349 g/mol. The minimum Gasteiger partial charge on any atom is -0.397 e. The van der Waals surface area contributed by atoms with E-state index in [0.29, 0.717) is 43.1 Å². The third kappa shape index (κ3) is 3.49. The molecule has 3 rings (SSSR count). The van der Waals surface area contributed by atoms with Gasteiger partial charge in [-0.25, -0.2) is 4.98 Å². The van der Waals surface area contributed by atoms with E-state index in [0.717, 1.165) is 5.56 Å². The lowest BCUT2D eigenvalue weighted by atomic mass is 10.1. The summed E-state index contributed by atoms with van der Waals surface area (Å²) in [5.41, 5.74) is 8.49. The highest BCUT2D eigenvalue weighted by atomic mass is 16.2. The minimum atomic E-state index is -0.235. The summed E-state index contributed by atoms with van der Waals surface area (Å²) in [6.07, 6.45) is 0. The van der Waals surface area contributed by atoms with Crippen LogP contribution in [0.15, 0.2) is 36.4 Å². The van der Waals surface area contributed by atoms with Crippen LogP contribution in [0, 0.1) is 11.3 Å². The Morgan fingerprint density at radius 1 is 1.04 bits per heavy atom. The van der Waals surface area contributed by atoms with Crippen LogP contribution in [0.5, 0.6) is 0 Å². The smallest absolute Gasteiger partial charge is 0.274 e. The molecular formula is C19H19N5O2. The summed E-state index contributed by atoms with van der Waals surface area (Å²) in [6, 6.07) is 12.5. The van der Waals surface area contributed by atoms with Crippen LogP contribution in [-0.4, -0.2) is 52.8 Å². The number of benzene rings is 1. The number of anilines is 1. The first-order chi connectivity index (χ1) is 12.5. The van der Waals surface area contributed by atoms with Gasteiger partial charge in [0.1, 0.15) is 0 Å². The number of piperazine rings is 1. The van der Waals surface area contributed by atoms with E-state index in [1.807, 2.05) is 0 Å². The lowest BCUT2D eigenvalue weighted by Crippen LogP contribution is -2.50. The molecule has 1 aliphatic heterocycles. The monoisotopic (exact) mass is 349 g/mol. The summed E-state index contributed by atoms with van der Waals surface area (Å²) in [5, 5.41) is 8.89. The maximum absolute atomic E-state index is 12.8. The number of nitrogens with two attached hydrogens (primary N) is 1. The summed E-state index contributed by atoms with van der Waals surface area (Å²) in [6.45, 7) is 3.46. The Hall–Kier alpha value is -3.40. The number of nitriles is 1. The number of nitrogens with zero attached hydrogens (tertiary/aromatic N) is 4. The van der Waals surface area contributed by atoms with Crippen LogP contribution in [-0.2, 0) is 4.79 Å². The van der Waals surface area contributed by atoms with E-state index < -0.39 is 0 Å². The molecule has 0 saturated carbocycles. The minimum absolute atomic E-state index is 0.0116. The number of hydrogen-bond donors (Lipinski definition) is 1.